The van der Waals surface area contributed by atoms with E-state index in [2.05, 4.69) is 16.9 Å². The maximum absolute atomic E-state index is 5.57. The third kappa shape index (κ3) is 6.22. The first-order chi connectivity index (χ1) is 13.2. The van der Waals surface area contributed by atoms with Crippen LogP contribution in [-0.4, -0.2) is 23.6 Å². The van der Waals surface area contributed by atoms with E-state index in [0.717, 1.165) is 34.6 Å². The summed E-state index contributed by atoms with van der Waals surface area (Å²) >= 11 is 0. The first-order valence-corrected chi connectivity index (χ1v) is 9.02. The number of ether oxygens (including phenoxy) is 1. The molecule has 0 bridgehead atoms. The van der Waals surface area contributed by atoms with Gasteiger partial charge in [0.05, 0.1) is 12.3 Å². The van der Waals surface area contributed by atoms with Crippen molar-refractivity contribution in [1.82, 2.24) is 4.98 Å². The highest BCUT2D eigenvalue weighted by molar-refractivity contribution is 6.05. The van der Waals surface area contributed by atoms with E-state index in [4.69, 9.17) is 15.5 Å². The molecule has 5 heteroatoms. The van der Waals surface area contributed by atoms with Gasteiger partial charge in [-0.2, -0.15) is 0 Å². The molecule has 0 amide bonds. The standard InChI is InChI=1S/C22H26N4O/c1-4-18(15-23)8-6-13-25-22(19-9-7-12-24-16-19)26-21-11-10-20(27-5-2)14-17(21)3/h6-16H,4-5,23H2,1-3H3/b8-6-,18-15-,25-13?,26-22?. The molecule has 1 aromatic carbocycles. The lowest BCUT2D eigenvalue weighted by Crippen LogP contribution is -1.98. The molecule has 140 valence electrons. The van der Waals surface area contributed by atoms with Crippen molar-refractivity contribution in [3.63, 3.8) is 0 Å². The Balaban J connectivity index is 2.35. The summed E-state index contributed by atoms with van der Waals surface area (Å²) in [5.74, 6) is 1.43. The van der Waals surface area contributed by atoms with Crippen LogP contribution in [0, 0.1) is 6.92 Å². The average Bonchev–Trinajstić information content (AvgIpc) is 2.69. The first kappa shape index (κ1) is 20.1. The van der Waals surface area contributed by atoms with Crippen LogP contribution in [0.5, 0.6) is 5.75 Å². The van der Waals surface area contributed by atoms with E-state index in [1.54, 1.807) is 24.8 Å². The molecule has 0 saturated carbocycles. The number of hydrogen-bond acceptors (Lipinski definition) is 4. The maximum atomic E-state index is 5.57. The maximum Gasteiger partial charge on any atom is 0.161 e. The summed E-state index contributed by atoms with van der Waals surface area (Å²) < 4.78 is 5.54. The molecule has 1 aromatic heterocycles. The molecular weight excluding hydrogens is 336 g/mol. The van der Waals surface area contributed by atoms with Gasteiger partial charge in [0, 0.05) is 24.2 Å². The van der Waals surface area contributed by atoms with Crippen molar-refractivity contribution in [2.75, 3.05) is 6.61 Å². The van der Waals surface area contributed by atoms with Crippen LogP contribution < -0.4 is 10.5 Å². The third-order valence-corrected chi connectivity index (χ3v) is 3.84. The largest absolute Gasteiger partial charge is 0.494 e. The minimum atomic E-state index is 0.592. The number of amidine groups is 1. The number of aromatic nitrogens is 1. The van der Waals surface area contributed by atoms with Crippen molar-refractivity contribution < 1.29 is 4.74 Å². The molecule has 0 aliphatic rings. The normalized spacial score (nSPS) is 12.9. The van der Waals surface area contributed by atoms with Gasteiger partial charge in [-0.1, -0.05) is 13.0 Å². The predicted octanol–water partition coefficient (Wildman–Crippen LogP) is 4.75. The van der Waals surface area contributed by atoms with Crippen LogP contribution in [0.3, 0.4) is 0 Å². The Morgan fingerprint density at radius 2 is 2.11 bits per heavy atom. The monoisotopic (exact) mass is 362 g/mol. The van der Waals surface area contributed by atoms with Gasteiger partial charge >= 0.3 is 0 Å². The molecule has 0 radical (unpaired) electrons. The summed E-state index contributed by atoms with van der Waals surface area (Å²) in [6.45, 7) is 6.66. The number of allylic oxidation sites excluding steroid dienone is 3. The SMILES string of the molecule is CCOc1ccc(N=C(N=C/C=C\C(=C/N)CC)c2cccnc2)c(C)c1. The fraction of sp³-hybridized carbons (Fsp3) is 0.227. The number of rotatable bonds is 7. The molecule has 5 nitrogen and oxygen atoms in total. The molecule has 0 aliphatic carbocycles. The first-order valence-electron chi connectivity index (χ1n) is 9.02. The molecule has 27 heavy (non-hydrogen) atoms. The molecule has 2 rings (SSSR count). The zero-order valence-corrected chi connectivity index (χ0v) is 16.1. The van der Waals surface area contributed by atoms with Crippen LogP contribution >= 0.6 is 0 Å². The van der Waals surface area contributed by atoms with Crippen molar-refractivity contribution in [2.45, 2.75) is 27.2 Å². The summed E-state index contributed by atoms with van der Waals surface area (Å²) in [5.41, 5.74) is 9.32. The average molecular weight is 362 g/mol. The Morgan fingerprint density at radius 1 is 1.26 bits per heavy atom. The Morgan fingerprint density at radius 3 is 2.74 bits per heavy atom. The molecule has 0 spiro atoms. The van der Waals surface area contributed by atoms with Gasteiger partial charge in [0.2, 0.25) is 0 Å². The van der Waals surface area contributed by atoms with Crippen LogP contribution in [0.1, 0.15) is 31.4 Å². The number of benzene rings is 1. The van der Waals surface area contributed by atoms with Crippen molar-refractivity contribution >= 4 is 17.7 Å². The number of nitrogens with two attached hydrogens (primary N) is 1. The van der Waals surface area contributed by atoms with Gasteiger partial charge < -0.3 is 10.5 Å². The summed E-state index contributed by atoms with van der Waals surface area (Å²) in [7, 11) is 0. The zero-order chi connectivity index (χ0) is 19.5. The summed E-state index contributed by atoms with van der Waals surface area (Å²) in [6, 6.07) is 9.64. The topological polar surface area (TPSA) is 72.9 Å². The van der Waals surface area contributed by atoms with E-state index in [0.29, 0.717) is 12.4 Å². The number of aliphatic imine (C=N–C) groups is 2. The second kappa shape index (κ2) is 10.7. The van der Waals surface area contributed by atoms with Crippen LogP contribution in [-0.2, 0) is 0 Å². The lowest BCUT2D eigenvalue weighted by atomic mass is 10.2. The van der Waals surface area contributed by atoms with Gasteiger partial charge in [0.25, 0.3) is 0 Å². The highest BCUT2D eigenvalue weighted by Gasteiger charge is 2.05. The lowest BCUT2D eigenvalue weighted by molar-refractivity contribution is 0.340. The molecule has 0 atom stereocenters. The van der Waals surface area contributed by atoms with E-state index in [-0.39, 0.29) is 0 Å². The van der Waals surface area contributed by atoms with E-state index < -0.39 is 0 Å². The summed E-state index contributed by atoms with van der Waals surface area (Å²) in [6.07, 6.45) is 11.5. The highest BCUT2D eigenvalue weighted by atomic mass is 16.5. The minimum Gasteiger partial charge on any atom is -0.494 e. The second-order valence-electron chi connectivity index (χ2n) is 5.79. The summed E-state index contributed by atoms with van der Waals surface area (Å²) in [5, 5.41) is 0. The molecule has 0 aliphatic heterocycles. The van der Waals surface area contributed by atoms with E-state index in [1.165, 1.54) is 0 Å². The Kier molecular flexibility index (Phi) is 7.97. The quantitative estimate of drug-likeness (QED) is 0.439. The Labute approximate surface area is 161 Å². The number of hydrogen-bond donors (Lipinski definition) is 1. The fourth-order valence-electron chi connectivity index (χ4n) is 2.36. The Bertz CT molecular complexity index is 852. The van der Waals surface area contributed by atoms with Gasteiger partial charge in [-0.05, 0) is 74.0 Å². The Hall–Kier alpha value is -3.21. The zero-order valence-electron chi connectivity index (χ0n) is 16.1. The van der Waals surface area contributed by atoms with Gasteiger partial charge in [-0.3, -0.25) is 4.98 Å². The number of pyridine rings is 1. The molecule has 0 saturated heterocycles. The molecule has 2 N–H and O–H groups in total. The van der Waals surface area contributed by atoms with E-state index in [1.807, 2.05) is 56.3 Å². The molecule has 0 fully saturated rings. The van der Waals surface area contributed by atoms with Crippen LogP contribution in [0.15, 0.2) is 76.6 Å². The van der Waals surface area contributed by atoms with E-state index >= 15 is 0 Å². The van der Waals surface area contributed by atoms with Crippen molar-refractivity contribution in [1.29, 1.82) is 0 Å². The van der Waals surface area contributed by atoms with Crippen molar-refractivity contribution in [2.24, 2.45) is 15.7 Å². The molecular formula is C22H26N4O. The van der Waals surface area contributed by atoms with Gasteiger partial charge in [-0.15, -0.1) is 0 Å². The van der Waals surface area contributed by atoms with Crippen LogP contribution in [0.2, 0.25) is 0 Å². The fourth-order valence-corrected chi connectivity index (χ4v) is 2.36. The van der Waals surface area contributed by atoms with Gasteiger partial charge in [0.1, 0.15) is 5.75 Å². The highest BCUT2D eigenvalue weighted by Crippen LogP contribution is 2.25. The van der Waals surface area contributed by atoms with Crippen LogP contribution in [0.4, 0.5) is 5.69 Å². The van der Waals surface area contributed by atoms with Crippen molar-refractivity contribution in [3.8, 4) is 5.75 Å². The van der Waals surface area contributed by atoms with Crippen LogP contribution in [0.25, 0.3) is 0 Å². The summed E-state index contributed by atoms with van der Waals surface area (Å²) in [4.78, 5) is 13.4. The smallest absolute Gasteiger partial charge is 0.161 e. The number of aryl methyl sites for hydroxylation is 1. The van der Waals surface area contributed by atoms with E-state index in [9.17, 15) is 0 Å². The third-order valence-electron chi connectivity index (χ3n) is 3.84. The molecule has 1 heterocycles. The van der Waals surface area contributed by atoms with Crippen molar-refractivity contribution in [3.05, 3.63) is 77.8 Å². The van der Waals surface area contributed by atoms with Gasteiger partial charge in [-0.25, -0.2) is 9.98 Å². The molecule has 2 aromatic rings. The van der Waals surface area contributed by atoms with Gasteiger partial charge in [0.15, 0.2) is 5.84 Å². The molecule has 0 unspecified atom stereocenters. The second-order valence-corrected chi connectivity index (χ2v) is 5.79. The lowest BCUT2D eigenvalue weighted by Gasteiger charge is -2.07. The minimum absolute atomic E-state index is 0.592. The number of nitrogens with zero attached hydrogens (tertiary/aromatic N) is 3. The predicted molar refractivity (Wildman–Crippen MR) is 113 cm³/mol.